The molecule has 1 aromatic carbocycles. The highest BCUT2D eigenvalue weighted by molar-refractivity contribution is 5.79. The highest BCUT2D eigenvalue weighted by atomic mass is 16.5. The van der Waals surface area contributed by atoms with Crippen molar-refractivity contribution in [2.45, 2.75) is 39.0 Å². The second kappa shape index (κ2) is 9.66. The van der Waals surface area contributed by atoms with Gasteiger partial charge in [-0.05, 0) is 69.4 Å². The summed E-state index contributed by atoms with van der Waals surface area (Å²) in [6.07, 6.45) is 5.91. The zero-order valence-corrected chi connectivity index (χ0v) is 15.5. The van der Waals surface area contributed by atoms with Gasteiger partial charge >= 0.3 is 0 Å². The molecule has 1 saturated heterocycles. The molecule has 3 rings (SSSR count). The average Bonchev–Trinajstić information content (AvgIpc) is 3.29. The quantitative estimate of drug-likeness (QED) is 0.431. The maximum Gasteiger partial charge on any atom is 0.191 e. The summed E-state index contributed by atoms with van der Waals surface area (Å²) >= 11 is 0. The van der Waals surface area contributed by atoms with E-state index in [1.165, 1.54) is 43.6 Å². The van der Waals surface area contributed by atoms with Gasteiger partial charge in [-0.3, -0.25) is 4.99 Å². The second-order valence-corrected chi connectivity index (χ2v) is 6.88. The van der Waals surface area contributed by atoms with E-state index in [4.69, 9.17) is 9.73 Å². The summed E-state index contributed by atoms with van der Waals surface area (Å²) in [5.41, 5.74) is 2.71. The molecule has 0 radical (unpaired) electrons. The van der Waals surface area contributed by atoms with E-state index in [2.05, 4.69) is 40.7 Å². The van der Waals surface area contributed by atoms with Crippen LogP contribution in [-0.4, -0.2) is 56.7 Å². The van der Waals surface area contributed by atoms with E-state index < -0.39 is 0 Å². The summed E-state index contributed by atoms with van der Waals surface area (Å²) < 4.78 is 5.57. The lowest BCUT2D eigenvalue weighted by atomic mass is 10.1. The Morgan fingerprint density at radius 1 is 1.24 bits per heavy atom. The van der Waals surface area contributed by atoms with Crippen molar-refractivity contribution in [2.24, 2.45) is 4.99 Å². The van der Waals surface area contributed by atoms with Crippen molar-refractivity contribution >= 4 is 5.96 Å². The van der Waals surface area contributed by atoms with Crippen molar-refractivity contribution in [3.05, 3.63) is 29.3 Å². The Labute approximate surface area is 151 Å². The number of hydrogen-bond donors (Lipinski definition) is 2. The van der Waals surface area contributed by atoms with E-state index >= 15 is 0 Å². The van der Waals surface area contributed by atoms with Gasteiger partial charge in [0.05, 0.1) is 6.61 Å². The topological polar surface area (TPSA) is 48.9 Å². The Morgan fingerprint density at radius 2 is 2.12 bits per heavy atom. The Balaban J connectivity index is 1.39. The molecule has 1 fully saturated rings. The molecule has 0 aliphatic carbocycles. The molecule has 2 aliphatic rings. The van der Waals surface area contributed by atoms with Crippen LogP contribution in [0.2, 0.25) is 0 Å². The van der Waals surface area contributed by atoms with Gasteiger partial charge in [0.15, 0.2) is 5.96 Å². The van der Waals surface area contributed by atoms with Crippen molar-refractivity contribution in [3.63, 3.8) is 0 Å². The standard InChI is InChI=1S/C20H32N4O/c1-2-21-20(22-10-5-14-24-12-3-4-13-24)23-11-8-17-6-7-19-18(16-17)9-15-25-19/h6-7,16H,2-5,8-15H2,1H3,(H2,21,22,23). The van der Waals surface area contributed by atoms with Gasteiger partial charge in [0.25, 0.3) is 0 Å². The van der Waals surface area contributed by atoms with Gasteiger partial charge in [-0.1, -0.05) is 12.1 Å². The lowest BCUT2D eigenvalue weighted by Gasteiger charge is -2.14. The molecule has 5 nitrogen and oxygen atoms in total. The summed E-state index contributed by atoms with van der Waals surface area (Å²) in [5, 5.41) is 6.80. The van der Waals surface area contributed by atoms with E-state index in [1.807, 2.05) is 0 Å². The first kappa shape index (κ1) is 18.1. The molecule has 0 amide bonds. The predicted octanol–water partition coefficient (Wildman–Crippen LogP) is 2.21. The summed E-state index contributed by atoms with van der Waals surface area (Å²) in [6.45, 7) is 9.35. The lowest BCUT2D eigenvalue weighted by Crippen LogP contribution is -2.38. The highest BCUT2D eigenvalue weighted by Crippen LogP contribution is 2.25. The highest BCUT2D eigenvalue weighted by Gasteiger charge is 2.12. The van der Waals surface area contributed by atoms with Gasteiger partial charge in [-0.15, -0.1) is 0 Å². The SMILES string of the molecule is CCNC(=NCCCN1CCCC1)NCCc1ccc2c(c1)CCO2. The Bertz CT molecular complexity index is 567. The van der Waals surface area contributed by atoms with E-state index in [-0.39, 0.29) is 0 Å². The molecule has 0 aromatic heterocycles. The van der Waals surface area contributed by atoms with Crippen LogP contribution in [0.1, 0.15) is 37.3 Å². The maximum absolute atomic E-state index is 5.57. The van der Waals surface area contributed by atoms with Gasteiger partial charge in [-0.25, -0.2) is 0 Å². The fraction of sp³-hybridized carbons (Fsp3) is 0.650. The van der Waals surface area contributed by atoms with E-state index in [0.29, 0.717) is 0 Å². The van der Waals surface area contributed by atoms with Gasteiger partial charge in [-0.2, -0.15) is 0 Å². The van der Waals surface area contributed by atoms with Crippen LogP contribution < -0.4 is 15.4 Å². The van der Waals surface area contributed by atoms with Crippen LogP contribution in [-0.2, 0) is 12.8 Å². The molecule has 0 bridgehead atoms. The molecule has 0 unspecified atom stereocenters. The van der Waals surface area contributed by atoms with Crippen LogP contribution in [0.15, 0.2) is 23.2 Å². The van der Waals surface area contributed by atoms with Crippen LogP contribution >= 0.6 is 0 Å². The van der Waals surface area contributed by atoms with Crippen molar-refractivity contribution in [3.8, 4) is 5.75 Å². The molecule has 0 spiro atoms. The van der Waals surface area contributed by atoms with Crippen LogP contribution in [0, 0.1) is 0 Å². The summed E-state index contributed by atoms with van der Waals surface area (Å²) in [5.74, 6) is 2.00. The minimum absolute atomic E-state index is 0.825. The number of benzene rings is 1. The lowest BCUT2D eigenvalue weighted by molar-refractivity contribution is 0.336. The predicted molar refractivity (Wildman–Crippen MR) is 104 cm³/mol. The summed E-state index contributed by atoms with van der Waals surface area (Å²) in [6, 6.07) is 6.56. The number of guanidine groups is 1. The Morgan fingerprint density at radius 3 is 2.96 bits per heavy atom. The molecule has 5 heteroatoms. The molecule has 0 saturated carbocycles. The zero-order valence-electron chi connectivity index (χ0n) is 15.5. The van der Waals surface area contributed by atoms with Crippen molar-refractivity contribution in [1.29, 1.82) is 0 Å². The van der Waals surface area contributed by atoms with Crippen LogP contribution in [0.4, 0.5) is 0 Å². The Hall–Kier alpha value is -1.75. The van der Waals surface area contributed by atoms with E-state index in [0.717, 1.165) is 57.2 Å². The normalized spacial score (nSPS) is 17.4. The molecule has 2 N–H and O–H groups in total. The van der Waals surface area contributed by atoms with Crippen LogP contribution in [0.3, 0.4) is 0 Å². The van der Waals surface area contributed by atoms with E-state index in [9.17, 15) is 0 Å². The van der Waals surface area contributed by atoms with Gasteiger partial charge in [0.2, 0.25) is 0 Å². The first-order valence-electron chi connectivity index (χ1n) is 9.84. The number of nitrogens with one attached hydrogen (secondary N) is 2. The first-order valence-corrected chi connectivity index (χ1v) is 9.84. The number of hydrogen-bond acceptors (Lipinski definition) is 3. The van der Waals surface area contributed by atoms with Crippen LogP contribution in [0.5, 0.6) is 5.75 Å². The molecular weight excluding hydrogens is 312 g/mol. The van der Waals surface area contributed by atoms with Gasteiger partial charge in [0.1, 0.15) is 5.75 Å². The van der Waals surface area contributed by atoms with Gasteiger partial charge < -0.3 is 20.3 Å². The molecule has 2 heterocycles. The number of likely N-dealkylation sites (tertiary alicyclic amines) is 1. The number of ether oxygens (including phenoxy) is 1. The minimum atomic E-state index is 0.825. The maximum atomic E-state index is 5.57. The largest absolute Gasteiger partial charge is 0.493 e. The second-order valence-electron chi connectivity index (χ2n) is 6.88. The third-order valence-corrected chi connectivity index (χ3v) is 4.91. The number of rotatable bonds is 8. The minimum Gasteiger partial charge on any atom is -0.493 e. The smallest absolute Gasteiger partial charge is 0.191 e. The van der Waals surface area contributed by atoms with E-state index in [1.54, 1.807) is 0 Å². The molecule has 138 valence electrons. The average molecular weight is 345 g/mol. The fourth-order valence-electron chi connectivity index (χ4n) is 3.55. The fourth-order valence-corrected chi connectivity index (χ4v) is 3.55. The molecule has 25 heavy (non-hydrogen) atoms. The van der Waals surface area contributed by atoms with Crippen molar-refractivity contribution in [1.82, 2.24) is 15.5 Å². The Kier molecular flexibility index (Phi) is 6.98. The van der Waals surface area contributed by atoms with Gasteiger partial charge in [0, 0.05) is 26.1 Å². The molecule has 2 aliphatic heterocycles. The summed E-state index contributed by atoms with van der Waals surface area (Å²) in [7, 11) is 0. The number of fused-ring (bicyclic) bond motifs is 1. The van der Waals surface area contributed by atoms with Crippen LogP contribution in [0.25, 0.3) is 0 Å². The van der Waals surface area contributed by atoms with Crippen molar-refractivity contribution < 1.29 is 4.74 Å². The molecule has 0 atom stereocenters. The van der Waals surface area contributed by atoms with Crippen molar-refractivity contribution in [2.75, 3.05) is 45.9 Å². The third kappa shape index (κ3) is 5.63. The first-order chi connectivity index (χ1) is 12.3. The number of nitrogens with zero attached hydrogens (tertiary/aromatic N) is 2. The monoisotopic (exact) mass is 344 g/mol. The molecular formula is C20H32N4O. The zero-order chi connectivity index (χ0) is 17.3. The number of aliphatic imine (C=N–C) groups is 1. The third-order valence-electron chi connectivity index (χ3n) is 4.91. The summed E-state index contributed by atoms with van der Waals surface area (Å²) in [4.78, 5) is 7.26. The molecule has 1 aromatic rings.